The summed E-state index contributed by atoms with van der Waals surface area (Å²) in [4.78, 5) is 0. The first kappa shape index (κ1) is 12.5. The van der Waals surface area contributed by atoms with Crippen LogP contribution in [0, 0.1) is 0 Å². The third kappa shape index (κ3) is 2.82. The van der Waals surface area contributed by atoms with Crippen molar-refractivity contribution in [2.45, 2.75) is 25.0 Å². The predicted octanol–water partition coefficient (Wildman–Crippen LogP) is -1.50. The molecule has 17 heavy (non-hydrogen) atoms. The van der Waals surface area contributed by atoms with Crippen molar-refractivity contribution < 1.29 is 13.5 Å². The minimum absolute atomic E-state index is 0.0755. The summed E-state index contributed by atoms with van der Waals surface area (Å²) in [5, 5.41) is 17.5. The van der Waals surface area contributed by atoms with E-state index in [2.05, 4.69) is 10.3 Å². The summed E-state index contributed by atoms with van der Waals surface area (Å²) >= 11 is 0. The third-order valence-corrected chi connectivity index (χ3v) is 4.53. The topological polar surface area (TPSA) is 111 Å². The zero-order valence-corrected chi connectivity index (χ0v) is 10.2. The Bertz CT molecular complexity index is 484. The summed E-state index contributed by atoms with van der Waals surface area (Å²) in [7, 11) is -3.16. The fourth-order valence-electron chi connectivity index (χ4n) is 1.94. The summed E-state index contributed by atoms with van der Waals surface area (Å²) in [5.74, 6) is -0.274. The largest absolute Gasteiger partial charge is 0.390 e. The second kappa shape index (κ2) is 4.71. The van der Waals surface area contributed by atoms with Crippen LogP contribution in [0.4, 0.5) is 0 Å². The van der Waals surface area contributed by atoms with Crippen molar-refractivity contribution in [2.24, 2.45) is 5.73 Å². The molecule has 2 unspecified atom stereocenters. The van der Waals surface area contributed by atoms with Gasteiger partial charge >= 0.3 is 0 Å². The Labute approximate surface area is 99.5 Å². The van der Waals surface area contributed by atoms with Gasteiger partial charge in [0.1, 0.15) is 0 Å². The normalized spacial score (nSPS) is 27.4. The number of nitrogens with two attached hydrogens (primary N) is 1. The molecule has 1 aromatic rings. The maximum atomic E-state index is 11.4. The lowest BCUT2D eigenvalue weighted by Crippen LogP contribution is -2.22. The lowest BCUT2D eigenvalue weighted by Gasteiger charge is -2.11. The molecule has 2 atom stereocenters. The number of sulfone groups is 1. The molecule has 2 rings (SSSR count). The van der Waals surface area contributed by atoms with Crippen LogP contribution < -0.4 is 5.73 Å². The van der Waals surface area contributed by atoms with Gasteiger partial charge < -0.3 is 10.8 Å². The first-order valence-corrected chi connectivity index (χ1v) is 7.33. The summed E-state index contributed by atoms with van der Waals surface area (Å²) in [6.07, 6.45) is 2.31. The van der Waals surface area contributed by atoms with Gasteiger partial charge in [0.15, 0.2) is 9.84 Å². The minimum atomic E-state index is -3.16. The Morgan fingerprint density at radius 2 is 2.29 bits per heavy atom. The van der Waals surface area contributed by atoms with Gasteiger partial charge in [-0.25, -0.2) is 13.1 Å². The van der Waals surface area contributed by atoms with Crippen molar-refractivity contribution in [1.29, 1.82) is 0 Å². The maximum absolute atomic E-state index is 11.4. The number of aromatic nitrogens is 3. The Kier molecular flexibility index (Phi) is 3.45. The summed E-state index contributed by atoms with van der Waals surface area (Å²) in [6, 6.07) is -0.515. The fourth-order valence-corrected chi connectivity index (χ4v) is 3.71. The molecule has 8 heteroatoms. The number of aryl methyl sites for hydroxylation is 1. The quantitative estimate of drug-likeness (QED) is 0.681. The highest BCUT2D eigenvalue weighted by atomic mass is 32.2. The van der Waals surface area contributed by atoms with E-state index in [4.69, 9.17) is 5.73 Å². The first-order valence-electron chi connectivity index (χ1n) is 5.51. The predicted molar refractivity (Wildman–Crippen MR) is 61.1 cm³/mol. The van der Waals surface area contributed by atoms with E-state index in [1.54, 1.807) is 6.20 Å². The highest BCUT2D eigenvalue weighted by Crippen LogP contribution is 2.23. The summed E-state index contributed by atoms with van der Waals surface area (Å²) in [5.41, 5.74) is 6.16. The van der Waals surface area contributed by atoms with E-state index in [9.17, 15) is 13.5 Å². The number of nitrogens with zero attached hydrogens (tertiary/aromatic N) is 3. The molecule has 0 aromatic carbocycles. The van der Waals surface area contributed by atoms with Gasteiger partial charge in [-0.1, -0.05) is 5.21 Å². The van der Waals surface area contributed by atoms with Crippen molar-refractivity contribution in [3.05, 3.63) is 11.9 Å². The van der Waals surface area contributed by atoms with Crippen molar-refractivity contribution in [1.82, 2.24) is 15.0 Å². The van der Waals surface area contributed by atoms with Crippen LogP contribution in [0.3, 0.4) is 0 Å². The number of hydrogen-bond donors (Lipinski definition) is 2. The van der Waals surface area contributed by atoms with Gasteiger partial charge in [-0.05, 0) is 19.4 Å². The fraction of sp³-hybridized carbons (Fsp3) is 0.778. The monoisotopic (exact) mass is 260 g/mol. The minimum Gasteiger partial charge on any atom is -0.390 e. The molecule has 0 spiro atoms. The van der Waals surface area contributed by atoms with Crippen LogP contribution >= 0.6 is 0 Å². The molecule has 0 bridgehead atoms. The van der Waals surface area contributed by atoms with Gasteiger partial charge in [-0.3, -0.25) is 0 Å². The van der Waals surface area contributed by atoms with Gasteiger partial charge in [0.2, 0.25) is 0 Å². The van der Waals surface area contributed by atoms with Gasteiger partial charge in [-0.2, -0.15) is 0 Å². The van der Waals surface area contributed by atoms with Crippen molar-refractivity contribution in [3.63, 3.8) is 0 Å². The van der Waals surface area contributed by atoms with Gasteiger partial charge in [0, 0.05) is 6.20 Å². The van der Waals surface area contributed by atoms with E-state index in [1.165, 1.54) is 4.68 Å². The number of rotatable bonds is 4. The molecule has 2 heterocycles. The molecule has 0 amide bonds. The van der Waals surface area contributed by atoms with Gasteiger partial charge in [0.05, 0.1) is 29.3 Å². The molecule has 96 valence electrons. The Hall–Kier alpha value is -0.990. The molecule has 1 saturated heterocycles. The van der Waals surface area contributed by atoms with E-state index >= 15 is 0 Å². The zero-order chi connectivity index (χ0) is 12.5. The van der Waals surface area contributed by atoms with Crippen molar-refractivity contribution >= 4 is 9.84 Å². The number of hydrogen-bond acceptors (Lipinski definition) is 6. The molecule has 7 nitrogen and oxygen atoms in total. The first-order chi connectivity index (χ1) is 8.02. The molecule has 1 aliphatic heterocycles. The van der Waals surface area contributed by atoms with Gasteiger partial charge in [0.25, 0.3) is 0 Å². The van der Waals surface area contributed by atoms with Crippen LogP contribution in [0.15, 0.2) is 6.20 Å². The summed E-state index contributed by atoms with van der Waals surface area (Å²) in [6.45, 7) is 0.577. The average molecular weight is 260 g/mol. The zero-order valence-electron chi connectivity index (χ0n) is 9.36. The molecular formula is C9H16N4O3S. The lowest BCUT2D eigenvalue weighted by molar-refractivity contribution is 0.145. The smallest absolute Gasteiger partial charge is 0.155 e. The number of aliphatic hydroxyl groups excluding tert-OH is 1. The van der Waals surface area contributed by atoms with E-state index in [1.807, 2.05) is 0 Å². The molecule has 0 saturated carbocycles. The van der Waals surface area contributed by atoms with Crippen molar-refractivity contribution in [3.8, 4) is 0 Å². The molecule has 1 aliphatic rings. The van der Waals surface area contributed by atoms with Gasteiger partial charge in [-0.15, -0.1) is 5.10 Å². The Morgan fingerprint density at radius 3 is 2.88 bits per heavy atom. The molecule has 3 N–H and O–H groups in total. The SMILES string of the molecule is NCCCc1cn(C2CS(=O)(=O)CC2O)nn1. The second-order valence-corrected chi connectivity index (χ2v) is 6.45. The standard InChI is InChI=1S/C9H16N4O3S/c10-3-1-2-7-4-13(12-11-7)8-5-17(15,16)6-9(8)14/h4,8-9,14H,1-3,5-6,10H2. The Morgan fingerprint density at radius 1 is 1.53 bits per heavy atom. The van der Waals surface area contributed by atoms with Crippen LogP contribution in [-0.4, -0.2) is 52.7 Å². The van der Waals surface area contributed by atoms with Crippen molar-refractivity contribution in [2.75, 3.05) is 18.1 Å². The van der Waals surface area contributed by atoms with E-state index in [0.717, 1.165) is 12.1 Å². The second-order valence-electron chi connectivity index (χ2n) is 4.29. The van der Waals surface area contributed by atoms with E-state index in [0.29, 0.717) is 13.0 Å². The molecule has 0 radical (unpaired) electrons. The average Bonchev–Trinajstić information content (AvgIpc) is 2.79. The molecule has 0 aliphatic carbocycles. The maximum Gasteiger partial charge on any atom is 0.155 e. The molecule has 1 fully saturated rings. The van der Waals surface area contributed by atoms with Crippen LogP contribution in [-0.2, 0) is 16.3 Å². The third-order valence-electron chi connectivity index (χ3n) is 2.83. The van der Waals surface area contributed by atoms with Crippen LogP contribution in [0.5, 0.6) is 0 Å². The highest BCUT2D eigenvalue weighted by Gasteiger charge is 2.38. The highest BCUT2D eigenvalue weighted by molar-refractivity contribution is 7.91. The molecule has 1 aromatic heterocycles. The summed E-state index contributed by atoms with van der Waals surface area (Å²) < 4.78 is 24.2. The lowest BCUT2D eigenvalue weighted by atomic mass is 10.2. The Balaban J connectivity index is 2.10. The van der Waals surface area contributed by atoms with E-state index in [-0.39, 0.29) is 11.5 Å². The van der Waals surface area contributed by atoms with E-state index < -0.39 is 22.0 Å². The van der Waals surface area contributed by atoms with Crippen LogP contribution in [0.2, 0.25) is 0 Å². The molecular weight excluding hydrogens is 244 g/mol. The number of aliphatic hydroxyl groups is 1. The van der Waals surface area contributed by atoms with Crippen LogP contribution in [0.1, 0.15) is 18.2 Å². The van der Waals surface area contributed by atoms with Crippen LogP contribution in [0.25, 0.3) is 0 Å².